The maximum absolute atomic E-state index is 11.2. The molecule has 0 aliphatic carbocycles. The Labute approximate surface area is 149 Å². The first kappa shape index (κ1) is 18.1. The van der Waals surface area contributed by atoms with Gasteiger partial charge in [-0.3, -0.25) is 0 Å². The third kappa shape index (κ3) is 3.62. The summed E-state index contributed by atoms with van der Waals surface area (Å²) in [6, 6.07) is 7.54. The number of nitrogens with zero attached hydrogens (tertiary/aromatic N) is 1. The Kier molecular flexibility index (Phi) is 4.73. The largest absolute Gasteiger partial charge is 0.494 e. The molecule has 0 radical (unpaired) electrons. The van der Waals surface area contributed by atoms with E-state index >= 15 is 0 Å². The fraction of sp³-hybridized carbons (Fsp3) is 0.611. The maximum atomic E-state index is 11.2. The number of amides is 1. The maximum Gasteiger partial charge on any atom is 0.494 e. The SMILES string of the molecule is CC1(C)OB(c2ccc(OC[C@@H]3CCCN3C(=O)O)cc2)OC1(C)C. The topological polar surface area (TPSA) is 68.2 Å². The van der Waals surface area contributed by atoms with E-state index in [1.807, 2.05) is 52.0 Å². The van der Waals surface area contributed by atoms with Gasteiger partial charge in [0.1, 0.15) is 12.4 Å². The van der Waals surface area contributed by atoms with Crippen LogP contribution >= 0.6 is 0 Å². The first-order valence-corrected chi connectivity index (χ1v) is 8.77. The van der Waals surface area contributed by atoms with E-state index in [0.717, 1.165) is 24.1 Å². The molecule has 0 bridgehead atoms. The van der Waals surface area contributed by atoms with Crippen molar-refractivity contribution >= 4 is 18.7 Å². The number of likely N-dealkylation sites (tertiary alicyclic amines) is 1. The molecule has 2 heterocycles. The smallest absolute Gasteiger partial charge is 0.491 e. The van der Waals surface area contributed by atoms with Crippen LogP contribution in [0.1, 0.15) is 40.5 Å². The van der Waals surface area contributed by atoms with Crippen LogP contribution < -0.4 is 10.2 Å². The molecular formula is C18H26BNO5. The van der Waals surface area contributed by atoms with Gasteiger partial charge in [-0.15, -0.1) is 0 Å². The van der Waals surface area contributed by atoms with E-state index in [-0.39, 0.29) is 17.2 Å². The molecule has 3 rings (SSSR count). The van der Waals surface area contributed by atoms with Gasteiger partial charge < -0.3 is 24.1 Å². The predicted molar refractivity (Wildman–Crippen MR) is 95.4 cm³/mol. The van der Waals surface area contributed by atoms with Gasteiger partial charge in [-0.1, -0.05) is 12.1 Å². The van der Waals surface area contributed by atoms with Crippen molar-refractivity contribution in [3.8, 4) is 5.75 Å². The quantitative estimate of drug-likeness (QED) is 0.848. The van der Waals surface area contributed by atoms with Gasteiger partial charge in [0.15, 0.2) is 0 Å². The number of hydrogen-bond donors (Lipinski definition) is 1. The summed E-state index contributed by atoms with van der Waals surface area (Å²) in [5.74, 6) is 0.720. The second-order valence-corrected chi connectivity index (χ2v) is 7.74. The Bertz CT molecular complexity index is 615. The Morgan fingerprint density at radius 2 is 1.84 bits per heavy atom. The van der Waals surface area contributed by atoms with Crippen molar-refractivity contribution < 1.29 is 23.9 Å². The molecule has 1 aromatic carbocycles. The van der Waals surface area contributed by atoms with Crippen molar-refractivity contribution in [3.05, 3.63) is 24.3 Å². The third-order valence-corrected chi connectivity index (χ3v) is 5.47. The molecule has 2 fully saturated rings. The molecule has 1 amide bonds. The highest BCUT2D eigenvalue weighted by molar-refractivity contribution is 6.62. The Morgan fingerprint density at radius 3 is 2.40 bits per heavy atom. The van der Waals surface area contributed by atoms with Crippen LogP contribution in [-0.2, 0) is 9.31 Å². The van der Waals surface area contributed by atoms with E-state index in [0.29, 0.717) is 13.2 Å². The summed E-state index contributed by atoms with van der Waals surface area (Å²) in [4.78, 5) is 12.6. The Morgan fingerprint density at radius 1 is 1.24 bits per heavy atom. The highest BCUT2D eigenvalue weighted by Crippen LogP contribution is 2.36. The highest BCUT2D eigenvalue weighted by atomic mass is 16.7. The standard InChI is InChI=1S/C18H26BNO5/c1-17(2)18(3,4)25-19(24-17)13-7-9-15(10-8-13)23-12-14-6-5-11-20(14)16(21)22/h7-10,14H,5-6,11-12H2,1-4H3,(H,21,22)/t14-/m0/s1. The van der Waals surface area contributed by atoms with Gasteiger partial charge in [0, 0.05) is 6.54 Å². The van der Waals surface area contributed by atoms with Gasteiger partial charge in [0.2, 0.25) is 0 Å². The van der Waals surface area contributed by atoms with E-state index in [4.69, 9.17) is 19.2 Å². The third-order valence-electron chi connectivity index (χ3n) is 5.47. The van der Waals surface area contributed by atoms with Crippen LogP contribution in [0.15, 0.2) is 24.3 Å². The monoisotopic (exact) mass is 347 g/mol. The first-order valence-electron chi connectivity index (χ1n) is 8.77. The summed E-state index contributed by atoms with van der Waals surface area (Å²) in [5.41, 5.74) is 0.213. The van der Waals surface area contributed by atoms with Gasteiger partial charge in [-0.05, 0) is 58.1 Å². The number of carbonyl (C=O) groups is 1. The average Bonchev–Trinajstić information content (AvgIpc) is 3.08. The summed E-state index contributed by atoms with van der Waals surface area (Å²) < 4.78 is 17.9. The summed E-state index contributed by atoms with van der Waals surface area (Å²) >= 11 is 0. The molecule has 2 aliphatic rings. The zero-order chi connectivity index (χ0) is 18.2. The number of benzene rings is 1. The van der Waals surface area contributed by atoms with Gasteiger partial charge in [-0.2, -0.15) is 0 Å². The molecular weight excluding hydrogens is 321 g/mol. The predicted octanol–water partition coefficient (Wildman–Crippen LogP) is 2.51. The van der Waals surface area contributed by atoms with Crippen molar-refractivity contribution in [3.63, 3.8) is 0 Å². The zero-order valence-electron chi connectivity index (χ0n) is 15.3. The minimum atomic E-state index is -0.873. The number of carboxylic acid groups (broad SMARTS) is 1. The van der Waals surface area contributed by atoms with Crippen LogP contribution in [0, 0.1) is 0 Å². The van der Waals surface area contributed by atoms with E-state index < -0.39 is 13.2 Å². The number of hydrogen-bond acceptors (Lipinski definition) is 4. The fourth-order valence-corrected chi connectivity index (χ4v) is 3.15. The summed E-state index contributed by atoms with van der Waals surface area (Å²) in [5, 5.41) is 9.17. The Balaban J connectivity index is 1.59. The van der Waals surface area contributed by atoms with Crippen molar-refractivity contribution in [2.24, 2.45) is 0 Å². The van der Waals surface area contributed by atoms with E-state index in [9.17, 15) is 4.79 Å². The molecule has 2 aliphatic heterocycles. The molecule has 1 atom stereocenters. The van der Waals surface area contributed by atoms with Gasteiger partial charge in [-0.25, -0.2) is 4.79 Å². The minimum absolute atomic E-state index is 0.0692. The molecule has 136 valence electrons. The molecule has 0 aromatic heterocycles. The summed E-state index contributed by atoms with van der Waals surface area (Å²) in [6.45, 7) is 9.08. The van der Waals surface area contributed by atoms with Crippen LogP contribution in [0.25, 0.3) is 0 Å². The molecule has 0 saturated carbocycles. The van der Waals surface area contributed by atoms with E-state index in [1.54, 1.807) is 0 Å². The average molecular weight is 347 g/mol. The second-order valence-electron chi connectivity index (χ2n) is 7.74. The normalized spacial score (nSPS) is 24.6. The lowest BCUT2D eigenvalue weighted by Crippen LogP contribution is -2.41. The van der Waals surface area contributed by atoms with Crippen LogP contribution in [0.3, 0.4) is 0 Å². The van der Waals surface area contributed by atoms with Crippen LogP contribution in [0.2, 0.25) is 0 Å². The van der Waals surface area contributed by atoms with Crippen molar-refractivity contribution in [1.82, 2.24) is 4.90 Å². The fourth-order valence-electron chi connectivity index (χ4n) is 3.15. The van der Waals surface area contributed by atoms with Gasteiger partial charge in [0.05, 0.1) is 17.2 Å². The molecule has 0 unspecified atom stereocenters. The lowest BCUT2D eigenvalue weighted by molar-refractivity contribution is 0.00578. The Hall–Kier alpha value is -1.73. The molecule has 7 heteroatoms. The lowest BCUT2D eigenvalue weighted by atomic mass is 9.79. The van der Waals surface area contributed by atoms with E-state index in [2.05, 4.69) is 0 Å². The van der Waals surface area contributed by atoms with Crippen LogP contribution in [-0.4, -0.2) is 53.6 Å². The second kappa shape index (κ2) is 6.54. The van der Waals surface area contributed by atoms with Crippen molar-refractivity contribution in [2.75, 3.05) is 13.2 Å². The molecule has 6 nitrogen and oxygen atoms in total. The van der Waals surface area contributed by atoms with Crippen molar-refractivity contribution in [2.45, 2.75) is 57.8 Å². The van der Waals surface area contributed by atoms with Crippen molar-refractivity contribution in [1.29, 1.82) is 0 Å². The number of ether oxygens (including phenoxy) is 1. The molecule has 2 saturated heterocycles. The van der Waals surface area contributed by atoms with Crippen LogP contribution in [0.4, 0.5) is 4.79 Å². The molecule has 0 spiro atoms. The van der Waals surface area contributed by atoms with Gasteiger partial charge >= 0.3 is 13.2 Å². The van der Waals surface area contributed by atoms with Crippen LogP contribution in [0.5, 0.6) is 5.75 Å². The molecule has 25 heavy (non-hydrogen) atoms. The zero-order valence-corrected chi connectivity index (χ0v) is 15.3. The van der Waals surface area contributed by atoms with E-state index in [1.165, 1.54) is 4.90 Å². The van der Waals surface area contributed by atoms with Gasteiger partial charge in [0.25, 0.3) is 0 Å². The minimum Gasteiger partial charge on any atom is -0.491 e. The summed E-state index contributed by atoms with van der Waals surface area (Å²) in [6.07, 6.45) is 0.863. The molecule has 1 aromatic rings. The molecule has 1 N–H and O–H groups in total. The lowest BCUT2D eigenvalue weighted by Gasteiger charge is -2.32. The first-order chi connectivity index (χ1) is 11.7. The number of rotatable bonds is 4. The summed E-state index contributed by atoms with van der Waals surface area (Å²) in [7, 11) is -0.392. The highest BCUT2D eigenvalue weighted by Gasteiger charge is 2.51.